The van der Waals surface area contributed by atoms with Gasteiger partial charge in [0.2, 0.25) is 0 Å². The van der Waals surface area contributed by atoms with E-state index in [9.17, 15) is 18.7 Å². The van der Waals surface area contributed by atoms with Crippen molar-refractivity contribution in [2.24, 2.45) is 0 Å². The molecule has 3 aromatic rings. The smallest absolute Gasteiger partial charge is 0.284 e. The number of aliphatic hydroxyl groups is 1. The second-order valence-corrected chi connectivity index (χ2v) is 9.30. The molecular weight excluding hydrogens is 448 g/mol. The summed E-state index contributed by atoms with van der Waals surface area (Å²) in [4.78, 5) is 19.4. The number of nitrogens with zero attached hydrogens (tertiary/aromatic N) is 6. The molecule has 2 atom stereocenters. The number of amides is 1. The van der Waals surface area contributed by atoms with E-state index in [1.807, 2.05) is 0 Å². The zero-order valence-corrected chi connectivity index (χ0v) is 18.4. The first kappa shape index (κ1) is 21.4. The Balaban J connectivity index is 1.29. The molecule has 1 saturated carbocycles. The van der Waals surface area contributed by atoms with Gasteiger partial charge in [-0.05, 0) is 18.9 Å². The molecule has 10 nitrogen and oxygen atoms in total. The van der Waals surface area contributed by atoms with E-state index in [0.29, 0.717) is 18.8 Å². The molecule has 3 aliphatic rings. The number of carbonyl (C=O) groups is 1. The van der Waals surface area contributed by atoms with Gasteiger partial charge in [-0.15, -0.1) is 0 Å². The van der Waals surface area contributed by atoms with Crippen LogP contribution in [0.2, 0.25) is 0 Å². The van der Waals surface area contributed by atoms with Crippen molar-refractivity contribution in [1.29, 1.82) is 0 Å². The fourth-order valence-electron chi connectivity index (χ4n) is 5.27. The number of alkyl halides is 2. The number of ether oxygens (including phenoxy) is 1. The highest BCUT2D eigenvalue weighted by Gasteiger charge is 2.51. The quantitative estimate of drug-likeness (QED) is 0.586. The number of carbonyl (C=O) groups excluding carboxylic acids is 1. The molecule has 5 heterocycles. The van der Waals surface area contributed by atoms with Crippen molar-refractivity contribution in [2.45, 2.75) is 62.8 Å². The summed E-state index contributed by atoms with van der Waals surface area (Å²) in [5.74, 6) is -0.108. The number of nitrogens with one attached hydrogen (secondary N) is 1. The molecule has 1 amide bonds. The van der Waals surface area contributed by atoms with Crippen LogP contribution in [0.15, 0.2) is 24.7 Å². The minimum Gasteiger partial charge on any atom is -0.371 e. The van der Waals surface area contributed by atoms with Gasteiger partial charge in [-0.25, -0.2) is 18.3 Å². The summed E-state index contributed by atoms with van der Waals surface area (Å²) in [6.07, 6.45) is 7.07. The van der Waals surface area contributed by atoms with Gasteiger partial charge < -0.3 is 20.1 Å². The Hall–Kier alpha value is -3.12. The lowest BCUT2D eigenvalue weighted by atomic mass is 9.96. The highest BCUT2D eigenvalue weighted by molar-refractivity contribution is 6.08. The summed E-state index contributed by atoms with van der Waals surface area (Å²) in [5, 5.41) is 21.7. The Bertz CT molecular complexity index is 1240. The summed E-state index contributed by atoms with van der Waals surface area (Å²) in [6, 6.07) is 1.77. The lowest BCUT2D eigenvalue weighted by Gasteiger charge is -2.34. The fourth-order valence-corrected chi connectivity index (χ4v) is 5.27. The first-order valence-corrected chi connectivity index (χ1v) is 11.6. The van der Waals surface area contributed by atoms with E-state index < -0.39 is 23.8 Å². The lowest BCUT2D eigenvalue weighted by Crippen LogP contribution is -2.49. The number of anilines is 2. The summed E-state index contributed by atoms with van der Waals surface area (Å²) in [5.41, 5.74) is -1.18. The first-order chi connectivity index (χ1) is 16.4. The van der Waals surface area contributed by atoms with Crippen molar-refractivity contribution in [3.05, 3.63) is 35.9 Å². The number of hydrogen-bond donors (Lipinski definition) is 2. The van der Waals surface area contributed by atoms with E-state index in [-0.39, 0.29) is 35.7 Å². The van der Waals surface area contributed by atoms with Crippen LogP contribution in [0.5, 0.6) is 0 Å². The molecule has 2 unspecified atom stereocenters. The maximum absolute atomic E-state index is 13.7. The maximum Gasteiger partial charge on any atom is 0.284 e. The lowest BCUT2D eigenvalue weighted by molar-refractivity contribution is -0.00475. The van der Waals surface area contributed by atoms with E-state index >= 15 is 0 Å². The van der Waals surface area contributed by atoms with Crippen LogP contribution >= 0.6 is 0 Å². The SMILES string of the molecule is O=C(Nc1cn(C2CCCCC2)nc1C(F)F)c1cnn2ccc(N3CC4CC3(O)CO4)nc12. The molecule has 12 heteroatoms. The van der Waals surface area contributed by atoms with Gasteiger partial charge in [0.15, 0.2) is 17.1 Å². The Kier molecular flexibility index (Phi) is 5.03. The summed E-state index contributed by atoms with van der Waals surface area (Å²) >= 11 is 0. The van der Waals surface area contributed by atoms with Crippen molar-refractivity contribution in [3.63, 3.8) is 0 Å². The van der Waals surface area contributed by atoms with Crippen LogP contribution in [0, 0.1) is 0 Å². The molecule has 0 spiro atoms. The second-order valence-electron chi connectivity index (χ2n) is 9.30. The zero-order valence-electron chi connectivity index (χ0n) is 18.4. The molecule has 2 N–H and O–H groups in total. The Morgan fingerprint density at radius 2 is 2.12 bits per heavy atom. The normalized spacial score (nSPS) is 25.1. The Labute approximate surface area is 193 Å². The topological polar surface area (TPSA) is 110 Å². The third-order valence-corrected chi connectivity index (χ3v) is 7.03. The summed E-state index contributed by atoms with van der Waals surface area (Å²) < 4.78 is 35.9. The van der Waals surface area contributed by atoms with Crippen molar-refractivity contribution in [2.75, 3.05) is 23.4 Å². The number of aromatic nitrogens is 5. The molecule has 34 heavy (non-hydrogen) atoms. The van der Waals surface area contributed by atoms with Gasteiger partial charge in [-0.3, -0.25) is 9.48 Å². The number of hydrogen-bond acceptors (Lipinski definition) is 7. The van der Waals surface area contributed by atoms with Crippen molar-refractivity contribution in [3.8, 4) is 0 Å². The minimum atomic E-state index is -2.82. The number of morpholine rings is 1. The van der Waals surface area contributed by atoms with Gasteiger partial charge in [0.1, 0.15) is 11.4 Å². The van der Waals surface area contributed by atoms with Crippen molar-refractivity contribution < 1.29 is 23.4 Å². The van der Waals surface area contributed by atoms with Crippen LogP contribution < -0.4 is 10.2 Å². The molecule has 180 valence electrons. The van der Waals surface area contributed by atoms with E-state index in [4.69, 9.17) is 4.74 Å². The highest BCUT2D eigenvalue weighted by atomic mass is 19.3. The van der Waals surface area contributed by atoms with Gasteiger partial charge >= 0.3 is 0 Å². The van der Waals surface area contributed by atoms with Gasteiger partial charge in [-0.1, -0.05) is 19.3 Å². The molecule has 3 fully saturated rings. The third-order valence-electron chi connectivity index (χ3n) is 7.03. The molecule has 2 aliphatic heterocycles. The van der Waals surface area contributed by atoms with Crippen LogP contribution in [-0.4, -0.2) is 60.4 Å². The van der Waals surface area contributed by atoms with E-state index in [1.54, 1.807) is 21.8 Å². The van der Waals surface area contributed by atoms with Crippen LogP contribution in [0.3, 0.4) is 0 Å². The predicted molar refractivity (Wildman–Crippen MR) is 117 cm³/mol. The molecule has 6 rings (SSSR count). The molecule has 2 bridgehead atoms. The zero-order chi connectivity index (χ0) is 23.4. The maximum atomic E-state index is 13.7. The minimum absolute atomic E-state index is 0.00982. The number of halogens is 2. The molecular formula is C22H25F2N7O3. The summed E-state index contributed by atoms with van der Waals surface area (Å²) in [7, 11) is 0. The van der Waals surface area contributed by atoms with E-state index in [1.165, 1.54) is 16.9 Å². The van der Waals surface area contributed by atoms with Crippen LogP contribution in [0.25, 0.3) is 5.65 Å². The average molecular weight is 473 g/mol. The van der Waals surface area contributed by atoms with Crippen LogP contribution in [-0.2, 0) is 4.74 Å². The third kappa shape index (κ3) is 3.52. The molecule has 3 aromatic heterocycles. The van der Waals surface area contributed by atoms with Gasteiger partial charge in [0, 0.05) is 25.4 Å². The average Bonchev–Trinajstić information content (AvgIpc) is 3.60. The molecule has 2 saturated heterocycles. The predicted octanol–water partition coefficient (Wildman–Crippen LogP) is 2.92. The fraction of sp³-hybridized carbons (Fsp3) is 0.545. The van der Waals surface area contributed by atoms with Gasteiger partial charge in [-0.2, -0.15) is 10.2 Å². The molecule has 0 radical (unpaired) electrons. The standard InChI is InChI=1S/C22H25F2N7O3/c23-19(24)18-16(11-31(28-18)13-4-2-1-3-5-13)26-21(32)15-9-25-30-7-6-17(27-20(15)30)29-10-14-8-22(29,33)12-34-14/h6-7,9,11,13-14,19,33H,1-5,8,10,12H2,(H,26,32). The van der Waals surface area contributed by atoms with Gasteiger partial charge in [0.05, 0.1) is 30.6 Å². The largest absolute Gasteiger partial charge is 0.371 e. The highest BCUT2D eigenvalue weighted by Crippen LogP contribution is 2.39. The Morgan fingerprint density at radius 1 is 1.29 bits per heavy atom. The van der Waals surface area contributed by atoms with Crippen LogP contribution in [0.1, 0.15) is 67.0 Å². The van der Waals surface area contributed by atoms with Crippen LogP contribution in [0.4, 0.5) is 20.3 Å². The Morgan fingerprint density at radius 3 is 2.82 bits per heavy atom. The summed E-state index contributed by atoms with van der Waals surface area (Å²) in [6.45, 7) is 0.686. The van der Waals surface area contributed by atoms with E-state index in [0.717, 1.165) is 32.1 Å². The van der Waals surface area contributed by atoms with E-state index in [2.05, 4.69) is 20.5 Å². The molecule has 0 aromatic carbocycles. The number of fused-ring (bicyclic) bond motifs is 3. The van der Waals surface area contributed by atoms with Gasteiger partial charge in [0.25, 0.3) is 12.3 Å². The monoisotopic (exact) mass is 473 g/mol. The second kappa shape index (κ2) is 7.98. The van der Waals surface area contributed by atoms with Crippen molar-refractivity contribution in [1.82, 2.24) is 24.4 Å². The van der Waals surface area contributed by atoms with Crippen molar-refractivity contribution >= 4 is 23.1 Å². The number of rotatable bonds is 5. The first-order valence-electron chi connectivity index (χ1n) is 11.6. The molecule has 1 aliphatic carbocycles.